The van der Waals surface area contributed by atoms with Crippen molar-refractivity contribution < 1.29 is 0 Å². The molecule has 0 amide bonds. The van der Waals surface area contributed by atoms with Crippen LogP contribution >= 0.6 is 0 Å². The Kier molecular flexibility index (Phi) is 4.51. The van der Waals surface area contributed by atoms with Gasteiger partial charge in [-0.2, -0.15) is 0 Å². The fourth-order valence-corrected chi connectivity index (χ4v) is 2.29. The van der Waals surface area contributed by atoms with E-state index in [1.54, 1.807) is 0 Å². The molecule has 0 radical (unpaired) electrons. The lowest BCUT2D eigenvalue weighted by atomic mass is 9.97. The third kappa shape index (κ3) is 3.51. The van der Waals surface area contributed by atoms with Crippen molar-refractivity contribution in [1.29, 1.82) is 0 Å². The molecule has 2 atom stereocenters. The molecule has 0 spiro atoms. The minimum atomic E-state index is 0.791. The summed E-state index contributed by atoms with van der Waals surface area (Å²) in [5.74, 6) is 0.913. The molecular formula is C12H23N. The predicted octanol–water partition coefficient (Wildman–Crippen LogP) is 3.12. The topological polar surface area (TPSA) is 12.0 Å². The summed E-state index contributed by atoms with van der Waals surface area (Å²) < 4.78 is 0. The zero-order chi connectivity index (χ0) is 9.68. The third-order valence-corrected chi connectivity index (χ3v) is 3.11. The number of allylic oxidation sites excluding steroid dienone is 1. The summed E-state index contributed by atoms with van der Waals surface area (Å²) in [4.78, 5) is 0. The van der Waals surface area contributed by atoms with Crippen LogP contribution in [0.1, 0.15) is 46.0 Å². The molecule has 1 nitrogen and oxygen atoms in total. The highest BCUT2D eigenvalue weighted by Crippen LogP contribution is 2.30. The second-order valence-corrected chi connectivity index (χ2v) is 4.24. The van der Waals surface area contributed by atoms with Gasteiger partial charge in [0.25, 0.3) is 0 Å². The van der Waals surface area contributed by atoms with Gasteiger partial charge in [0.05, 0.1) is 0 Å². The molecule has 1 heteroatoms. The smallest absolute Gasteiger partial charge is 0.00698 e. The van der Waals surface area contributed by atoms with Gasteiger partial charge in [-0.1, -0.05) is 26.0 Å². The van der Waals surface area contributed by atoms with Crippen LogP contribution in [0, 0.1) is 5.92 Å². The fourth-order valence-electron chi connectivity index (χ4n) is 2.29. The van der Waals surface area contributed by atoms with E-state index in [4.69, 9.17) is 0 Å². The van der Waals surface area contributed by atoms with Gasteiger partial charge >= 0.3 is 0 Å². The van der Waals surface area contributed by atoms with Gasteiger partial charge in [0.15, 0.2) is 0 Å². The van der Waals surface area contributed by atoms with Crippen molar-refractivity contribution in [1.82, 2.24) is 5.32 Å². The van der Waals surface area contributed by atoms with Crippen molar-refractivity contribution in [3.8, 4) is 0 Å². The zero-order valence-electron chi connectivity index (χ0n) is 9.10. The van der Waals surface area contributed by atoms with E-state index in [0.29, 0.717) is 0 Å². The van der Waals surface area contributed by atoms with E-state index >= 15 is 0 Å². The monoisotopic (exact) mass is 181 g/mol. The summed E-state index contributed by atoms with van der Waals surface area (Å²) in [6, 6.07) is 0.791. The molecule has 0 bridgehead atoms. The normalized spacial score (nSPS) is 27.8. The Bertz CT molecular complexity index is 163. The number of hydrogen-bond donors (Lipinski definition) is 1. The van der Waals surface area contributed by atoms with E-state index in [2.05, 4.69) is 25.7 Å². The first-order valence-corrected chi connectivity index (χ1v) is 5.66. The molecule has 1 aliphatic carbocycles. The molecule has 76 valence electrons. The van der Waals surface area contributed by atoms with Crippen LogP contribution in [-0.2, 0) is 0 Å². The minimum Gasteiger partial charge on any atom is -0.314 e. The third-order valence-electron chi connectivity index (χ3n) is 3.11. The van der Waals surface area contributed by atoms with Crippen molar-refractivity contribution >= 4 is 0 Å². The summed E-state index contributed by atoms with van der Waals surface area (Å²) >= 11 is 0. The molecule has 2 unspecified atom stereocenters. The van der Waals surface area contributed by atoms with Gasteiger partial charge in [-0.3, -0.25) is 0 Å². The lowest BCUT2D eigenvalue weighted by molar-refractivity contribution is 0.490. The number of hydrogen-bond acceptors (Lipinski definition) is 1. The standard InChI is InChI=1S/C12H23N/c1-4-10(3)8-11-6-7-12(9-11)13-5-2/h11-13H,3-9H2,1-2H3. The first-order valence-electron chi connectivity index (χ1n) is 5.66. The average molecular weight is 181 g/mol. The van der Waals surface area contributed by atoms with Crippen LogP contribution in [0.4, 0.5) is 0 Å². The highest BCUT2D eigenvalue weighted by Gasteiger charge is 2.23. The van der Waals surface area contributed by atoms with E-state index in [0.717, 1.165) is 24.9 Å². The molecule has 0 saturated heterocycles. The highest BCUT2D eigenvalue weighted by atomic mass is 14.9. The Labute approximate surface area is 82.6 Å². The average Bonchev–Trinajstić information content (AvgIpc) is 2.53. The Morgan fingerprint density at radius 3 is 2.77 bits per heavy atom. The van der Waals surface area contributed by atoms with Crippen LogP contribution in [0.15, 0.2) is 12.2 Å². The SMILES string of the molecule is C=C(CC)CC1CCC(NCC)C1. The van der Waals surface area contributed by atoms with Gasteiger partial charge in [-0.05, 0) is 44.6 Å². The molecule has 0 aromatic carbocycles. The van der Waals surface area contributed by atoms with Crippen LogP contribution in [0.3, 0.4) is 0 Å². The van der Waals surface area contributed by atoms with Gasteiger partial charge in [0, 0.05) is 6.04 Å². The van der Waals surface area contributed by atoms with Crippen LogP contribution in [-0.4, -0.2) is 12.6 Å². The Morgan fingerprint density at radius 1 is 1.38 bits per heavy atom. The van der Waals surface area contributed by atoms with Crippen molar-refractivity contribution in [3.63, 3.8) is 0 Å². The Hall–Kier alpha value is -0.300. The van der Waals surface area contributed by atoms with Crippen molar-refractivity contribution in [2.24, 2.45) is 5.92 Å². The summed E-state index contributed by atoms with van der Waals surface area (Å²) in [5.41, 5.74) is 1.43. The summed E-state index contributed by atoms with van der Waals surface area (Å²) in [6.07, 6.45) is 6.56. The number of rotatable bonds is 5. The Balaban J connectivity index is 2.20. The van der Waals surface area contributed by atoms with Crippen molar-refractivity contribution in [2.75, 3.05) is 6.54 Å². The van der Waals surface area contributed by atoms with E-state index in [9.17, 15) is 0 Å². The molecule has 1 N–H and O–H groups in total. The maximum Gasteiger partial charge on any atom is 0.00698 e. The quantitative estimate of drug-likeness (QED) is 0.643. The van der Waals surface area contributed by atoms with Crippen molar-refractivity contribution in [2.45, 2.75) is 52.0 Å². The van der Waals surface area contributed by atoms with E-state index < -0.39 is 0 Å². The summed E-state index contributed by atoms with van der Waals surface area (Å²) in [7, 11) is 0. The molecule has 0 heterocycles. The molecule has 1 aliphatic rings. The second-order valence-electron chi connectivity index (χ2n) is 4.24. The highest BCUT2D eigenvalue weighted by molar-refractivity contribution is 4.97. The maximum absolute atomic E-state index is 4.09. The molecule has 1 saturated carbocycles. The summed E-state index contributed by atoms with van der Waals surface area (Å²) in [5, 5.41) is 3.54. The lowest BCUT2D eigenvalue weighted by Crippen LogP contribution is -2.25. The van der Waals surface area contributed by atoms with Crippen LogP contribution < -0.4 is 5.32 Å². The molecular weight excluding hydrogens is 158 g/mol. The van der Waals surface area contributed by atoms with E-state index in [-0.39, 0.29) is 0 Å². The van der Waals surface area contributed by atoms with Crippen LogP contribution in [0.25, 0.3) is 0 Å². The molecule has 0 aromatic heterocycles. The van der Waals surface area contributed by atoms with Crippen LogP contribution in [0.5, 0.6) is 0 Å². The molecule has 1 rings (SSSR count). The molecule has 0 aliphatic heterocycles. The Morgan fingerprint density at radius 2 is 2.15 bits per heavy atom. The second kappa shape index (κ2) is 5.43. The number of nitrogens with one attached hydrogen (secondary N) is 1. The van der Waals surface area contributed by atoms with Gasteiger partial charge in [0.1, 0.15) is 0 Å². The van der Waals surface area contributed by atoms with Gasteiger partial charge in [0.2, 0.25) is 0 Å². The van der Waals surface area contributed by atoms with Gasteiger partial charge in [-0.25, -0.2) is 0 Å². The molecule has 1 fully saturated rings. The van der Waals surface area contributed by atoms with E-state index in [1.165, 1.54) is 31.3 Å². The fraction of sp³-hybridized carbons (Fsp3) is 0.833. The van der Waals surface area contributed by atoms with E-state index in [1.807, 2.05) is 0 Å². The molecule has 13 heavy (non-hydrogen) atoms. The predicted molar refractivity (Wildman–Crippen MR) is 58.9 cm³/mol. The molecule has 0 aromatic rings. The lowest BCUT2D eigenvalue weighted by Gasteiger charge is -2.12. The minimum absolute atomic E-state index is 0.791. The van der Waals surface area contributed by atoms with Crippen LogP contribution in [0.2, 0.25) is 0 Å². The zero-order valence-corrected chi connectivity index (χ0v) is 9.10. The van der Waals surface area contributed by atoms with Crippen molar-refractivity contribution in [3.05, 3.63) is 12.2 Å². The first-order chi connectivity index (χ1) is 6.26. The van der Waals surface area contributed by atoms with Gasteiger partial charge in [-0.15, -0.1) is 0 Å². The largest absolute Gasteiger partial charge is 0.314 e. The maximum atomic E-state index is 4.09. The summed E-state index contributed by atoms with van der Waals surface area (Å²) in [6.45, 7) is 9.60. The van der Waals surface area contributed by atoms with Gasteiger partial charge < -0.3 is 5.32 Å². The first kappa shape index (κ1) is 10.8.